The normalized spacial score (nSPS) is 10.7. The molecule has 0 saturated heterocycles. The van der Waals surface area contributed by atoms with Crippen LogP contribution < -0.4 is 14.8 Å². The molecule has 8 nitrogen and oxygen atoms in total. The highest BCUT2D eigenvalue weighted by atomic mass is 79.9. The Labute approximate surface area is 181 Å². The number of carbonyl (C=O) groups is 1. The van der Waals surface area contributed by atoms with Gasteiger partial charge in [0.2, 0.25) is 5.88 Å². The van der Waals surface area contributed by atoms with Crippen LogP contribution in [0.15, 0.2) is 65.1 Å². The third kappa shape index (κ3) is 4.25. The molecule has 2 aromatic heterocycles. The first-order chi connectivity index (χ1) is 14.7. The van der Waals surface area contributed by atoms with Gasteiger partial charge in [0, 0.05) is 16.1 Å². The van der Waals surface area contributed by atoms with Crippen molar-refractivity contribution in [3.05, 3.63) is 70.7 Å². The molecule has 0 fully saturated rings. The third-order valence-corrected chi connectivity index (χ3v) is 5.01. The first-order valence-corrected chi connectivity index (χ1v) is 9.97. The van der Waals surface area contributed by atoms with Crippen molar-refractivity contribution < 1.29 is 14.3 Å². The lowest BCUT2D eigenvalue weighted by molar-refractivity contribution is 0.0945. The number of halogens is 1. The molecular weight excluding hydrogens is 450 g/mol. The van der Waals surface area contributed by atoms with Crippen molar-refractivity contribution in [2.45, 2.75) is 0 Å². The summed E-state index contributed by atoms with van der Waals surface area (Å²) in [7, 11) is 1.61. The number of aromatic nitrogens is 4. The van der Waals surface area contributed by atoms with E-state index in [0.29, 0.717) is 29.5 Å². The number of nitrogens with one attached hydrogen (secondary N) is 1. The van der Waals surface area contributed by atoms with Gasteiger partial charge < -0.3 is 14.8 Å². The lowest BCUT2D eigenvalue weighted by atomic mass is 10.2. The van der Waals surface area contributed by atoms with Crippen LogP contribution >= 0.6 is 15.9 Å². The van der Waals surface area contributed by atoms with Gasteiger partial charge in [-0.15, -0.1) is 15.3 Å². The number of methoxy groups -OCH3 is 1. The summed E-state index contributed by atoms with van der Waals surface area (Å²) in [4.78, 5) is 12.2. The van der Waals surface area contributed by atoms with Gasteiger partial charge in [0.05, 0.1) is 19.2 Å². The number of ether oxygens (including phenoxy) is 2. The van der Waals surface area contributed by atoms with E-state index in [1.807, 2.05) is 42.5 Å². The average Bonchev–Trinajstić information content (AvgIpc) is 3.20. The van der Waals surface area contributed by atoms with Gasteiger partial charge >= 0.3 is 0 Å². The van der Waals surface area contributed by atoms with E-state index in [0.717, 1.165) is 15.8 Å². The summed E-state index contributed by atoms with van der Waals surface area (Å²) in [5.74, 6) is 1.53. The fourth-order valence-corrected chi connectivity index (χ4v) is 3.32. The number of hydrogen-bond donors (Lipinski definition) is 1. The number of amides is 1. The number of benzene rings is 2. The van der Waals surface area contributed by atoms with Gasteiger partial charge in [-0.05, 0) is 46.3 Å². The second kappa shape index (κ2) is 8.91. The Kier molecular flexibility index (Phi) is 5.89. The van der Waals surface area contributed by atoms with E-state index in [9.17, 15) is 4.79 Å². The summed E-state index contributed by atoms with van der Waals surface area (Å²) in [6, 6.07) is 18.2. The Morgan fingerprint density at radius 1 is 1.10 bits per heavy atom. The van der Waals surface area contributed by atoms with Crippen LogP contribution in [0, 0.1) is 0 Å². The monoisotopic (exact) mass is 467 g/mol. The van der Waals surface area contributed by atoms with E-state index in [2.05, 4.69) is 36.5 Å². The second-order valence-corrected chi connectivity index (χ2v) is 7.14. The van der Waals surface area contributed by atoms with E-state index in [1.165, 1.54) is 0 Å². The van der Waals surface area contributed by atoms with Crippen LogP contribution in [-0.2, 0) is 0 Å². The van der Waals surface area contributed by atoms with E-state index in [-0.39, 0.29) is 12.5 Å². The van der Waals surface area contributed by atoms with E-state index < -0.39 is 0 Å². The van der Waals surface area contributed by atoms with Crippen LogP contribution in [0.1, 0.15) is 10.4 Å². The smallest absolute Gasteiger partial charge is 0.252 e. The molecule has 152 valence electrons. The maximum absolute atomic E-state index is 12.2. The predicted molar refractivity (Wildman–Crippen MR) is 115 cm³/mol. The van der Waals surface area contributed by atoms with Gasteiger partial charge in [0.25, 0.3) is 5.91 Å². The van der Waals surface area contributed by atoms with Gasteiger partial charge in [-0.3, -0.25) is 4.79 Å². The van der Waals surface area contributed by atoms with Gasteiger partial charge in [-0.25, -0.2) is 0 Å². The Balaban J connectivity index is 1.42. The largest absolute Gasteiger partial charge is 0.497 e. The quantitative estimate of drug-likeness (QED) is 0.419. The molecule has 0 radical (unpaired) electrons. The van der Waals surface area contributed by atoms with Crippen molar-refractivity contribution >= 4 is 27.5 Å². The minimum atomic E-state index is -0.173. The standard InChI is InChI=1S/C21H18BrN5O3/c1-29-15-6-4-5-14(13-15)20-25-24-18-9-10-19(26-27(18)20)30-12-11-23-21(28)16-7-2-3-8-17(16)22/h2-10,13H,11-12H2,1H3,(H,23,28). The number of rotatable bonds is 7. The zero-order chi connectivity index (χ0) is 20.9. The van der Waals surface area contributed by atoms with E-state index in [1.54, 1.807) is 29.8 Å². The van der Waals surface area contributed by atoms with Crippen molar-refractivity contribution in [3.8, 4) is 23.0 Å². The van der Waals surface area contributed by atoms with Crippen LogP contribution in [0.25, 0.3) is 17.0 Å². The molecule has 1 amide bonds. The Bertz CT molecular complexity index is 1190. The number of carbonyl (C=O) groups excluding carboxylic acids is 1. The highest BCUT2D eigenvalue weighted by Gasteiger charge is 2.12. The van der Waals surface area contributed by atoms with Crippen LogP contribution in [0.4, 0.5) is 0 Å². The minimum Gasteiger partial charge on any atom is -0.497 e. The molecule has 0 spiro atoms. The molecular formula is C21H18BrN5O3. The molecule has 0 aliphatic heterocycles. The van der Waals surface area contributed by atoms with E-state index >= 15 is 0 Å². The van der Waals surface area contributed by atoms with Crippen LogP contribution in [-0.4, -0.2) is 46.0 Å². The summed E-state index contributed by atoms with van der Waals surface area (Å²) in [5.41, 5.74) is 2.00. The van der Waals surface area contributed by atoms with Crippen molar-refractivity contribution in [2.75, 3.05) is 20.3 Å². The summed E-state index contributed by atoms with van der Waals surface area (Å²) >= 11 is 3.37. The Hall–Kier alpha value is -3.46. The van der Waals surface area contributed by atoms with Gasteiger partial charge in [0.1, 0.15) is 12.4 Å². The Morgan fingerprint density at radius 2 is 1.97 bits per heavy atom. The maximum atomic E-state index is 12.2. The summed E-state index contributed by atoms with van der Waals surface area (Å²) in [6.07, 6.45) is 0. The van der Waals surface area contributed by atoms with Crippen LogP contribution in [0.3, 0.4) is 0 Å². The molecule has 1 N–H and O–H groups in total. The topological polar surface area (TPSA) is 90.6 Å². The fourth-order valence-electron chi connectivity index (χ4n) is 2.85. The molecule has 0 unspecified atom stereocenters. The number of nitrogens with zero attached hydrogens (tertiary/aromatic N) is 4. The lowest BCUT2D eigenvalue weighted by Gasteiger charge is -2.08. The van der Waals surface area contributed by atoms with Crippen LogP contribution in [0.5, 0.6) is 11.6 Å². The molecule has 30 heavy (non-hydrogen) atoms. The molecule has 4 aromatic rings. The van der Waals surface area contributed by atoms with E-state index in [4.69, 9.17) is 9.47 Å². The molecule has 2 aromatic carbocycles. The average molecular weight is 468 g/mol. The first kappa shape index (κ1) is 19.8. The number of fused-ring (bicyclic) bond motifs is 1. The summed E-state index contributed by atoms with van der Waals surface area (Å²) < 4.78 is 13.3. The summed E-state index contributed by atoms with van der Waals surface area (Å²) in [5, 5.41) is 15.7. The molecule has 0 aliphatic rings. The molecule has 0 atom stereocenters. The first-order valence-electron chi connectivity index (χ1n) is 9.18. The number of hydrogen-bond acceptors (Lipinski definition) is 6. The van der Waals surface area contributed by atoms with Gasteiger partial charge in [-0.2, -0.15) is 4.52 Å². The summed E-state index contributed by atoms with van der Waals surface area (Å²) in [6.45, 7) is 0.607. The van der Waals surface area contributed by atoms with Crippen LogP contribution in [0.2, 0.25) is 0 Å². The van der Waals surface area contributed by atoms with Crippen molar-refractivity contribution in [1.82, 2.24) is 25.1 Å². The Morgan fingerprint density at radius 3 is 2.80 bits per heavy atom. The highest BCUT2D eigenvalue weighted by molar-refractivity contribution is 9.10. The zero-order valence-electron chi connectivity index (χ0n) is 16.1. The predicted octanol–water partition coefficient (Wildman–Crippen LogP) is 3.37. The van der Waals surface area contributed by atoms with Crippen molar-refractivity contribution in [1.29, 1.82) is 0 Å². The SMILES string of the molecule is COc1cccc(-c2nnc3ccc(OCCNC(=O)c4ccccc4Br)nn23)c1. The van der Waals surface area contributed by atoms with Gasteiger partial charge in [-0.1, -0.05) is 24.3 Å². The lowest BCUT2D eigenvalue weighted by Crippen LogP contribution is -2.28. The molecule has 0 saturated carbocycles. The molecule has 0 aliphatic carbocycles. The third-order valence-electron chi connectivity index (χ3n) is 4.32. The minimum absolute atomic E-state index is 0.173. The molecule has 9 heteroatoms. The van der Waals surface area contributed by atoms with Crippen molar-refractivity contribution in [2.24, 2.45) is 0 Å². The van der Waals surface area contributed by atoms with Gasteiger partial charge in [0.15, 0.2) is 11.5 Å². The molecule has 4 rings (SSSR count). The molecule has 2 heterocycles. The highest BCUT2D eigenvalue weighted by Crippen LogP contribution is 2.23. The maximum Gasteiger partial charge on any atom is 0.252 e. The zero-order valence-corrected chi connectivity index (χ0v) is 17.7. The second-order valence-electron chi connectivity index (χ2n) is 6.28. The molecule has 0 bridgehead atoms. The van der Waals surface area contributed by atoms with Crippen molar-refractivity contribution in [3.63, 3.8) is 0 Å². The fraction of sp³-hybridized carbons (Fsp3) is 0.143.